The number of ether oxygens (including phenoxy) is 1. The highest BCUT2D eigenvalue weighted by molar-refractivity contribution is 7.89. The summed E-state index contributed by atoms with van der Waals surface area (Å²) in [5, 5.41) is -0.155. The van der Waals surface area contributed by atoms with Crippen LogP contribution in [0.1, 0.15) is 5.56 Å². The molecule has 7 heteroatoms. The van der Waals surface area contributed by atoms with Gasteiger partial charge in [-0.2, -0.15) is 0 Å². The molecule has 2 aromatic rings. The van der Waals surface area contributed by atoms with Gasteiger partial charge in [0.25, 0.3) is 0 Å². The molecule has 0 heterocycles. The summed E-state index contributed by atoms with van der Waals surface area (Å²) in [6.07, 6.45) is 0. The van der Waals surface area contributed by atoms with E-state index in [2.05, 4.69) is 4.72 Å². The molecule has 21 heavy (non-hydrogen) atoms. The predicted molar refractivity (Wildman–Crippen MR) is 78.4 cm³/mol. The van der Waals surface area contributed by atoms with Gasteiger partial charge >= 0.3 is 0 Å². The van der Waals surface area contributed by atoms with Crippen LogP contribution in [0.4, 0.5) is 4.39 Å². The second-order valence-corrected chi connectivity index (χ2v) is 6.39. The SMILES string of the molecule is COc1ccc(CNS(=O)(=O)c2ccc(F)cc2Cl)cc1. The summed E-state index contributed by atoms with van der Waals surface area (Å²) < 4.78 is 44.6. The number of benzene rings is 2. The largest absolute Gasteiger partial charge is 0.497 e. The summed E-state index contributed by atoms with van der Waals surface area (Å²) in [4.78, 5) is -0.154. The molecule has 2 aromatic carbocycles. The lowest BCUT2D eigenvalue weighted by atomic mass is 10.2. The molecule has 0 bridgehead atoms. The van der Waals surface area contributed by atoms with E-state index in [1.807, 2.05) is 0 Å². The molecule has 112 valence electrons. The number of hydrogen-bond acceptors (Lipinski definition) is 3. The fourth-order valence-electron chi connectivity index (χ4n) is 1.69. The Morgan fingerprint density at radius 1 is 1.19 bits per heavy atom. The van der Waals surface area contributed by atoms with Crippen molar-refractivity contribution in [3.8, 4) is 5.75 Å². The van der Waals surface area contributed by atoms with Crippen molar-refractivity contribution in [1.29, 1.82) is 0 Å². The summed E-state index contributed by atoms with van der Waals surface area (Å²) >= 11 is 5.76. The van der Waals surface area contributed by atoms with Crippen LogP contribution in [-0.2, 0) is 16.6 Å². The standard InChI is InChI=1S/C14H13ClFNO3S/c1-20-12-5-2-10(3-6-12)9-17-21(18,19)14-7-4-11(16)8-13(14)15/h2-8,17H,9H2,1H3. The van der Waals surface area contributed by atoms with Crippen molar-refractivity contribution >= 4 is 21.6 Å². The minimum atomic E-state index is -3.80. The van der Waals surface area contributed by atoms with E-state index in [1.165, 1.54) is 0 Å². The zero-order valence-corrected chi connectivity index (χ0v) is 12.7. The Balaban J connectivity index is 2.13. The number of rotatable bonds is 5. The lowest BCUT2D eigenvalue weighted by Gasteiger charge is -2.09. The minimum Gasteiger partial charge on any atom is -0.497 e. The number of hydrogen-bond donors (Lipinski definition) is 1. The van der Waals surface area contributed by atoms with E-state index in [9.17, 15) is 12.8 Å². The average Bonchev–Trinajstić information content (AvgIpc) is 2.45. The molecule has 0 aliphatic carbocycles. The van der Waals surface area contributed by atoms with Gasteiger partial charge in [0.1, 0.15) is 16.5 Å². The molecule has 0 unspecified atom stereocenters. The van der Waals surface area contributed by atoms with E-state index in [4.69, 9.17) is 16.3 Å². The van der Waals surface area contributed by atoms with Gasteiger partial charge in [-0.05, 0) is 35.9 Å². The number of methoxy groups -OCH3 is 1. The highest BCUT2D eigenvalue weighted by Gasteiger charge is 2.17. The Bertz CT molecular complexity index is 732. The van der Waals surface area contributed by atoms with Crippen LogP contribution in [0.2, 0.25) is 5.02 Å². The van der Waals surface area contributed by atoms with Crippen LogP contribution in [-0.4, -0.2) is 15.5 Å². The maximum absolute atomic E-state index is 12.9. The van der Waals surface area contributed by atoms with Crippen LogP contribution in [0.15, 0.2) is 47.4 Å². The predicted octanol–water partition coefficient (Wildman–Crippen LogP) is 2.97. The molecule has 1 N–H and O–H groups in total. The Labute approximate surface area is 127 Å². The molecule has 0 aliphatic heterocycles. The topological polar surface area (TPSA) is 55.4 Å². The zero-order chi connectivity index (χ0) is 15.5. The third-order valence-electron chi connectivity index (χ3n) is 2.81. The van der Waals surface area contributed by atoms with E-state index >= 15 is 0 Å². The van der Waals surface area contributed by atoms with Crippen molar-refractivity contribution in [2.24, 2.45) is 0 Å². The molecule has 0 radical (unpaired) electrons. The highest BCUT2D eigenvalue weighted by Crippen LogP contribution is 2.22. The van der Waals surface area contributed by atoms with E-state index in [1.54, 1.807) is 31.4 Å². The van der Waals surface area contributed by atoms with Crippen molar-refractivity contribution in [2.45, 2.75) is 11.4 Å². The van der Waals surface area contributed by atoms with E-state index in [-0.39, 0.29) is 16.5 Å². The third-order valence-corrected chi connectivity index (χ3v) is 4.69. The zero-order valence-electron chi connectivity index (χ0n) is 11.1. The van der Waals surface area contributed by atoms with Crippen molar-refractivity contribution < 1.29 is 17.5 Å². The first-order valence-corrected chi connectivity index (χ1v) is 7.86. The molecule has 2 rings (SSSR count). The number of nitrogens with one attached hydrogen (secondary N) is 1. The summed E-state index contributed by atoms with van der Waals surface area (Å²) in [6, 6.07) is 10.1. The molecule has 0 saturated carbocycles. The van der Waals surface area contributed by atoms with Crippen LogP contribution in [0.5, 0.6) is 5.75 Å². The van der Waals surface area contributed by atoms with Crippen molar-refractivity contribution in [2.75, 3.05) is 7.11 Å². The van der Waals surface area contributed by atoms with Crippen LogP contribution in [0.3, 0.4) is 0 Å². The fraction of sp³-hybridized carbons (Fsp3) is 0.143. The Hall–Kier alpha value is -1.63. The van der Waals surface area contributed by atoms with Crippen molar-refractivity contribution in [3.63, 3.8) is 0 Å². The van der Waals surface area contributed by atoms with Gasteiger partial charge in [0, 0.05) is 6.54 Å². The molecule has 0 aromatic heterocycles. The van der Waals surface area contributed by atoms with Gasteiger partial charge in [0.15, 0.2) is 0 Å². The first-order valence-electron chi connectivity index (χ1n) is 6.00. The lowest BCUT2D eigenvalue weighted by Crippen LogP contribution is -2.23. The molecular formula is C14H13ClFNO3S. The number of sulfonamides is 1. The Morgan fingerprint density at radius 2 is 1.86 bits per heavy atom. The Kier molecular flexibility index (Phi) is 4.82. The molecule has 0 saturated heterocycles. The lowest BCUT2D eigenvalue weighted by molar-refractivity contribution is 0.414. The monoisotopic (exact) mass is 329 g/mol. The van der Waals surface area contributed by atoms with E-state index < -0.39 is 15.8 Å². The summed E-state index contributed by atoms with van der Waals surface area (Å²) in [7, 11) is -2.25. The van der Waals surface area contributed by atoms with Crippen molar-refractivity contribution in [1.82, 2.24) is 4.72 Å². The second-order valence-electron chi connectivity index (χ2n) is 4.25. The van der Waals surface area contributed by atoms with Gasteiger partial charge < -0.3 is 4.74 Å². The molecule has 0 aliphatic rings. The van der Waals surface area contributed by atoms with Gasteiger partial charge in [0.05, 0.1) is 12.1 Å². The quantitative estimate of drug-likeness (QED) is 0.917. The maximum Gasteiger partial charge on any atom is 0.242 e. The maximum atomic E-state index is 12.9. The van der Waals surface area contributed by atoms with Gasteiger partial charge in [0.2, 0.25) is 10.0 Å². The molecular weight excluding hydrogens is 317 g/mol. The van der Waals surface area contributed by atoms with Gasteiger partial charge in [-0.25, -0.2) is 17.5 Å². The molecule has 0 fully saturated rings. The normalized spacial score (nSPS) is 11.4. The van der Waals surface area contributed by atoms with Crippen LogP contribution in [0.25, 0.3) is 0 Å². The van der Waals surface area contributed by atoms with Gasteiger partial charge in [-0.3, -0.25) is 0 Å². The van der Waals surface area contributed by atoms with Crippen LogP contribution < -0.4 is 9.46 Å². The molecule has 0 atom stereocenters. The van der Waals surface area contributed by atoms with E-state index in [0.717, 1.165) is 23.8 Å². The Morgan fingerprint density at radius 3 is 2.43 bits per heavy atom. The van der Waals surface area contributed by atoms with E-state index in [0.29, 0.717) is 5.75 Å². The second kappa shape index (κ2) is 6.43. The highest BCUT2D eigenvalue weighted by atomic mass is 35.5. The van der Waals surface area contributed by atoms with Gasteiger partial charge in [-0.15, -0.1) is 0 Å². The van der Waals surface area contributed by atoms with Crippen molar-refractivity contribution in [3.05, 3.63) is 58.9 Å². The van der Waals surface area contributed by atoms with Gasteiger partial charge in [-0.1, -0.05) is 23.7 Å². The van der Waals surface area contributed by atoms with Crippen LogP contribution in [0, 0.1) is 5.82 Å². The first kappa shape index (κ1) is 15.8. The molecule has 0 amide bonds. The average molecular weight is 330 g/mol. The summed E-state index contributed by atoms with van der Waals surface area (Å²) in [6.45, 7) is 0.0973. The smallest absolute Gasteiger partial charge is 0.242 e. The summed E-state index contributed by atoms with van der Waals surface area (Å²) in [5.41, 5.74) is 0.762. The minimum absolute atomic E-state index is 0.0973. The first-order chi connectivity index (χ1) is 9.92. The molecule has 0 spiro atoms. The summed E-state index contributed by atoms with van der Waals surface area (Å²) in [5.74, 6) is 0.0947. The molecule has 4 nitrogen and oxygen atoms in total. The third kappa shape index (κ3) is 3.93. The van der Waals surface area contributed by atoms with Crippen LogP contribution >= 0.6 is 11.6 Å². The number of halogens is 2. The fourth-order valence-corrected chi connectivity index (χ4v) is 3.24.